The Hall–Kier alpha value is -1.60. The predicted molar refractivity (Wildman–Crippen MR) is 92.8 cm³/mol. The van der Waals surface area contributed by atoms with Gasteiger partial charge in [-0.15, -0.1) is 0 Å². The van der Waals surface area contributed by atoms with E-state index >= 15 is 0 Å². The van der Waals surface area contributed by atoms with Crippen molar-refractivity contribution < 1.29 is 22.7 Å². The van der Waals surface area contributed by atoms with Gasteiger partial charge >= 0.3 is 6.18 Å². The molecule has 0 radical (unpaired) electrons. The van der Waals surface area contributed by atoms with E-state index in [1.54, 1.807) is 0 Å². The summed E-state index contributed by atoms with van der Waals surface area (Å²) in [4.78, 5) is 14.3. The van der Waals surface area contributed by atoms with E-state index in [1.165, 1.54) is 12.1 Å². The first-order valence-corrected chi connectivity index (χ1v) is 8.91. The minimum Gasteiger partial charge on any atom is -0.375 e. The molecular formula is C19H25F3N2O2. The summed E-state index contributed by atoms with van der Waals surface area (Å²) in [6.45, 7) is 6.93. The Kier molecular flexibility index (Phi) is 5.05. The van der Waals surface area contributed by atoms with Crippen molar-refractivity contribution in [3.63, 3.8) is 0 Å². The van der Waals surface area contributed by atoms with Gasteiger partial charge in [0.1, 0.15) is 0 Å². The van der Waals surface area contributed by atoms with E-state index in [0.717, 1.165) is 51.1 Å². The summed E-state index contributed by atoms with van der Waals surface area (Å²) in [5.74, 6) is -0.205. The van der Waals surface area contributed by atoms with E-state index in [0.29, 0.717) is 5.69 Å². The van der Waals surface area contributed by atoms with Gasteiger partial charge in [0.25, 0.3) is 0 Å². The van der Waals surface area contributed by atoms with Crippen LogP contribution < -0.4 is 5.32 Å². The summed E-state index contributed by atoms with van der Waals surface area (Å²) in [6, 6.07) is 4.51. The second kappa shape index (κ2) is 6.85. The normalized spacial score (nSPS) is 22.5. The third-order valence-electron chi connectivity index (χ3n) is 5.35. The maximum Gasteiger partial charge on any atom is 0.416 e. The van der Waals surface area contributed by atoms with Crippen LogP contribution in [0.25, 0.3) is 0 Å². The molecule has 1 amide bonds. The van der Waals surface area contributed by atoms with Crippen molar-refractivity contribution in [1.29, 1.82) is 0 Å². The van der Waals surface area contributed by atoms with Gasteiger partial charge in [-0.3, -0.25) is 9.69 Å². The number of amides is 1. The highest BCUT2D eigenvalue weighted by Gasteiger charge is 2.45. The van der Waals surface area contributed by atoms with Crippen molar-refractivity contribution in [3.8, 4) is 0 Å². The molecule has 7 heteroatoms. The van der Waals surface area contributed by atoms with Crippen molar-refractivity contribution in [2.75, 3.05) is 31.6 Å². The minimum absolute atomic E-state index is 0.0673. The second-order valence-electron chi connectivity index (χ2n) is 8.12. The molecule has 4 nitrogen and oxygen atoms in total. The fraction of sp³-hybridized carbons (Fsp3) is 0.632. The molecule has 1 aromatic carbocycles. The number of rotatable bonds is 3. The number of alkyl halides is 3. The summed E-state index contributed by atoms with van der Waals surface area (Å²) in [6.07, 6.45) is -1.32. The lowest BCUT2D eigenvalue weighted by Gasteiger charge is -2.38. The molecule has 0 unspecified atom stereocenters. The summed E-state index contributed by atoms with van der Waals surface area (Å²) in [5, 5.41) is 2.67. The van der Waals surface area contributed by atoms with Crippen LogP contribution in [0.2, 0.25) is 0 Å². The van der Waals surface area contributed by atoms with Crippen LogP contribution in [-0.4, -0.2) is 42.6 Å². The second-order valence-corrected chi connectivity index (χ2v) is 8.12. The molecule has 2 saturated heterocycles. The molecule has 1 spiro atoms. The number of anilines is 1. The number of halogens is 3. The highest BCUT2D eigenvalue weighted by atomic mass is 19.4. The van der Waals surface area contributed by atoms with E-state index in [1.807, 2.05) is 0 Å². The Morgan fingerprint density at radius 3 is 2.31 bits per heavy atom. The third-order valence-corrected chi connectivity index (χ3v) is 5.35. The monoisotopic (exact) mass is 370 g/mol. The van der Waals surface area contributed by atoms with Crippen LogP contribution in [0.15, 0.2) is 24.3 Å². The lowest BCUT2D eigenvalue weighted by molar-refractivity contribution is -0.137. The molecule has 3 rings (SSSR count). The molecule has 1 N–H and O–H groups in total. The number of benzene rings is 1. The first-order valence-electron chi connectivity index (χ1n) is 8.91. The van der Waals surface area contributed by atoms with E-state index in [-0.39, 0.29) is 23.5 Å². The Bertz CT molecular complexity index is 648. The Labute approximate surface area is 151 Å². The van der Waals surface area contributed by atoms with Gasteiger partial charge in [0.2, 0.25) is 5.91 Å². The van der Waals surface area contributed by atoms with Gasteiger partial charge in [-0.1, -0.05) is 0 Å². The number of piperidine rings is 1. The van der Waals surface area contributed by atoms with Gasteiger partial charge in [-0.25, -0.2) is 0 Å². The van der Waals surface area contributed by atoms with Gasteiger partial charge in [0.15, 0.2) is 0 Å². The lowest BCUT2D eigenvalue weighted by atomic mass is 9.74. The zero-order valence-corrected chi connectivity index (χ0v) is 15.2. The van der Waals surface area contributed by atoms with Gasteiger partial charge in [0.05, 0.1) is 24.3 Å². The fourth-order valence-corrected chi connectivity index (χ4v) is 4.01. The van der Waals surface area contributed by atoms with Crippen LogP contribution >= 0.6 is 0 Å². The Morgan fingerprint density at radius 2 is 1.81 bits per heavy atom. The summed E-state index contributed by atoms with van der Waals surface area (Å²) < 4.78 is 43.6. The first kappa shape index (κ1) is 19.2. The van der Waals surface area contributed by atoms with E-state index in [9.17, 15) is 18.0 Å². The van der Waals surface area contributed by atoms with Crippen molar-refractivity contribution in [2.45, 2.75) is 44.9 Å². The highest BCUT2D eigenvalue weighted by Crippen LogP contribution is 2.46. The highest BCUT2D eigenvalue weighted by molar-refractivity contribution is 5.92. The van der Waals surface area contributed by atoms with Crippen LogP contribution in [0.4, 0.5) is 18.9 Å². The van der Waals surface area contributed by atoms with Crippen LogP contribution in [0.3, 0.4) is 0 Å². The summed E-state index contributed by atoms with van der Waals surface area (Å²) in [7, 11) is 0. The molecule has 144 valence electrons. The van der Waals surface area contributed by atoms with Crippen LogP contribution in [0.1, 0.15) is 38.7 Å². The topological polar surface area (TPSA) is 41.6 Å². The van der Waals surface area contributed by atoms with Gasteiger partial charge in [0, 0.05) is 5.69 Å². The number of likely N-dealkylation sites (tertiary alicyclic amines) is 1. The van der Waals surface area contributed by atoms with E-state index in [4.69, 9.17) is 4.74 Å². The zero-order chi connectivity index (χ0) is 19.0. The maximum absolute atomic E-state index is 12.6. The number of hydrogen-bond donors (Lipinski definition) is 1. The molecule has 2 heterocycles. The summed E-state index contributed by atoms with van der Waals surface area (Å²) >= 11 is 0. The minimum atomic E-state index is -4.37. The number of hydrogen-bond acceptors (Lipinski definition) is 3. The quantitative estimate of drug-likeness (QED) is 0.877. The number of ether oxygens (including phenoxy) is 1. The average Bonchev–Trinajstić information content (AvgIpc) is 2.84. The van der Waals surface area contributed by atoms with E-state index < -0.39 is 11.7 Å². The SMILES string of the molecule is CC1(C)CC2(CCN(CC(=O)Nc3ccc(C(F)(F)F)cc3)CC2)CO1. The van der Waals surface area contributed by atoms with Gasteiger partial charge in [-0.05, 0) is 75.9 Å². The number of nitrogens with one attached hydrogen (secondary N) is 1. The average molecular weight is 370 g/mol. The third kappa shape index (κ3) is 4.57. The molecular weight excluding hydrogens is 345 g/mol. The van der Waals surface area contributed by atoms with Crippen molar-refractivity contribution >= 4 is 11.6 Å². The van der Waals surface area contributed by atoms with Crippen LogP contribution in [0.5, 0.6) is 0 Å². The predicted octanol–water partition coefficient (Wildman–Crippen LogP) is 3.93. The molecule has 2 aliphatic heterocycles. The zero-order valence-electron chi connectivity index (χ0n) is 15.2. The van der Waals surface area contributed by atoms with Gasteiger partial charge < -0.3 is 10.1 Å². The molecule has 26 heavy (non-hydrogen) atoms. The van der Waals surface area contributed by atoms with Crippen LogP contribution in [-0.2, 0) is 15.7 Å². The molecule has 0 aliphatic carbocycles. The maximum atomic E-state index is 12.6. The fourth-order valence-electron chi connectivity index (χ4n) is 4.01. The van der Waals surface area contributed by atoms with E-state index in [2.05, 4.69) is 24.1 Å². The molecule has 0 aromatic heterocycles. The Morgan fingerprint density at radius 1 is 1.19 bits per heavy atom. The van der Waals surface area contributed by atoms with Crippen molar-refractivity contribution in [1.82, 2.24) is 4.90 Å². The molecule has 0 saturated carbocycles. The van der Waals surface area contributed by atoms with Gasteiger partial charge in [-0.2, -0.15) is 13.2 Å². The first-order chi connectivity index (χ1) is 12.1. The molecule has 0 atom stereocenters. The summed E-state index contributed by atoms with van der Waals surface area (Å²) in [5.41, 5.74) is -0.188. The number of carbonyl (C=O) groups excluding carboxylic acids is 1. The number of nitrogens with zero attached hydrogens (tertiary/aromatic N) is 1. The Balaban J connectivity index is 1.48. The smallest absolute Gasteiger partial charge is 0.375 e. The molecule has 2 fully saturated rings. The van der Waals surface area contributed by atoms with Crippen molar-refractivity contribution in [3.05, 3.63) is 29.8 Å². The molecule has 2 aliphatic rings. The molecule has 1 aromatic rings. The van der Waals surface area contributed by atoms with Crippen molar-refractivity contribution in [2.24, 2.45) is 5.41 Å². The largest absolute Gasteiger partial charge is 0.416 e. The van der Waals surface area contributed by atoms with Crippen LogP contribution in [0, 0.1) is 5.41 Å². The number of carbonyl (C=O) groups is 1. The standard InChI is InChI=1S/C19H25F3N2O2/c1-17(2)12-18(13-26-17)7-9-24(10-8-18)11-16(25)23-15-5-3-14(4-6-15)19(20,21)22/h3-6H,7-13H2,1-2H3,(H,23,25). The molecule has 0 bridgehead atoms. The lowest BCUT2D eigenvalue weighted by Crippen LogP contribution is -2.44.